The molecule has 0 saturated heterocycles. The lowest BCUT2D eigenvalue weighted by Gasteiger charge is -2.13. The van der Waals surface area contributed by atoms with Crippen molar-refractivity contribution in [1.82, 2.24) is 0 Å². The van der Waals surface area contributed by atoms with Crippen LogP contribution in [-0.2, 0) is 6.54 Å². The minimum Gasteiger partial charge on any atom is -0.485 e. The number of aromatic nitrogens is 1. The van der Waals surface area contributed by atoms with Gasteiger partial charge in [0.1, 0.15) is 12.4 Å². The molecule has 2 aromatic rings. The molecule has 0 aliphatic heterocycles. The normalized spacial score (nSPS) is 11.1. The van der Waals surface area contributed by atoms with Gasteiger partial charge in [-0.05, 0) is 18.2 Å². The summed E-state index contributed by atoms with van der Waals surface area (Å²) >= 11 is 12.0. The van der Waals surface area contributed by atoms with Crippen molar-refractivity contribution < 1.29 is 22.5 Å². The molecular formula is C15H14Cl2F3N2O+. The van der Waals surface area contributed by atoms with Gasteiger partial charge in [0.25, 0.3) is 6.43 Å². The van der Waals surface area contributed by atoms with Gasteiger partial charge in [0.2, 0.25) is 6.20 Å². The summed E-state index contributed by atoms with van der Waals surface area (Å²) in [5.41, 5.74) is 6.19. The van der Waals surface area contributed by atoms with Crippen LogP contribution in [0.1, 0.15) is 0 Å². The van der Waals surface area contributed by atoms with Crippen LogP contribution in [0.15, 0.2) is 30.6 Å². The molecule has 1 aromatic heterocycles. The summed E-state index contributed by atoms with van der Waals surface area (Å²) < 4.78 is 45.3. The molecule has 0 unspecified atom stereocenters. The lowest BCUT2D eigenvalue weighted by molar-refractivity contribution is -0.695. The van der Waals surface area contributed by atoms with E-state index in [1.807, 2.05) is 0 Å². The first-order chi connectivity index (χ1) is 10.9. The molecule has 0 aliphatic rings. The van der Waals surface area contributed by atoms with E-state index in [9.17, 15) is 13.2 Å². The zero-order valence-electron chi connectivity index (χ0n) is 11.9. The van der Waals surface area contributed by atoms with E-state index in [0.29, 0.717) is 24.2 Å². The largest absolute Gasteiger partial charge is 0.485 e. The molecule has 2 N–H and O–H groups in total. The van der Waals surface area contributed by atoms with Crippen molar-refractivity contribution in [3.63, 3.8) is 0 Å². The van der Waals surface area contributed by atoms with Gasteiger partial charge in [0.05, 0.1) is 17.1 Å². The van der Waals surface area contributed by atoms with Gasteiger partial charge in [0.15, 0.2) is 18.6 Å². The summed E-state index contributed by atoms with van der Waals surface area (Å²) in [7, 11) is 0. The van der Waals surface area contributed by atoms with Crippen LogP contribution in [0, 0.1) is 5.82 Å². The molecule has 23 heavy (non-hydrogen) atoms. The second-order valence-electron chi connectivity index (χ2n) is 4.74. The maximum atomic E-state index is 13.8. The molecule has 2 rings (SSSR count). The van der Waals surface area contributed by atoms with Gasteiger partial charge < -0.3 is 10.5 Å². The second kappa shape index (κ2) is 7.86. The number of halogens is 5. The zero-order valence-corrected chi connectivity index (χ0v) is 13.4. The number of rotatable bonds is 6. The maximum absolute atomic E-state index is 13.8. The molecular weight excluding hydrogens is 352 g/mol. The Kier molecular flexibility index (Phi) is 6.10. The number of alkyl halides is 2. The maximum Gasteiger partial charge on any atom is 0.272 e. The minimum atomic E-state index is -2.66. The van der Waals surface area contributed by atoms with Gasteiger partial charge in [-0.15, -0.1) is 0 Å². The van der Waals surface area contributed by atoms with Crippen molar-refractivity contribution in [3.8, 4) is 16.9 Å². The summed E-state index contributed by atoms with van der Waals surface area (Å²) in [5, 5.41) is 0.354. The fourth-order valence-electron chi connectivity index (χ4n) is 2.09. The molecule has 1 aromatic carbocycles. The van der Waals surface area contributed by atoms with Crippen molar-refractivity contribution in [3.05, 3.63) is 46.5 Å². The predicted octanol–water partition coefficient (Wildman–Crippen LogP) is 3.69. The van der Waals surface area contributed by atoms with Gasteiger partial charge in [-0.2, -0.15) is 0 Å². The van der Waals surface area contributed by atoms with Gasteiger partial charge >= 0.3 is 0 Å². The number of nitrogens with two attached hydrogens (primary N) is 1. The van der Waals surface area contributed by atoms with E-state index in [0.717, 1.165) is 0 Å². The van der Waals surface area contributed by atoms with Crippen LogP contribution in [-0.4, -0.2) is 19.6 Å². The van der Waals surface area contributed by atoms with E-state index in [-0.39, 0.29) is 15.8 Å². The molecule has 124 valence electrons. The van der Waals surface area contributed by atoms with Crippen molar-refractivity contribution in [2.75, 3.05) is 13.2 Å². The highest BCUT2D eigenvalue weighted by Crippen LogP contribution is 2.39. The first-order valence-electron chi connectivity index (χ1n) is 6.70. The predicted molar refractivity (Wildman–Crippen MR) is 82.6 cm³/mol. The number of hydrogen-bond acceptors (Lipinski definition) is 2. The highest BCUT2D eigenvalue weighted by Gasteiger charge is 2.18. The van der Waals surface area contributed by atoms with Crippen molar-refractivity contribution in [1.29, 1.82) is 0 Å². The zero-order chi connectivity index (χ0) is 17.0. The van der Waals surface area contributed by atoms with Gasteiger partial charge in [-0.1, -0.05) is 23.2 Å². The van der Waals surface area contributed by atoms with Gasteiger partial charge in [-0.25, -0.2) is 17.7 Å². The molecule has 0 atom stereocenters. The van der Waals surface area contributed by atoms with E-state index in [1.54, 1.807) is 10.8 Å². The monoisotopic (exact) mass is 365 g/mol. The van der Waals surface area contributed by atoms with E-state index in [2.05, 4.69) is 0 Å². The number of ether oxygens (including phenoxy) is 1. The molecule has 0 aliphatic carbocycles. The van der Waals surface area contributed by atoms with Crippen LogP contribution in [0.4, 0.5) is 13.2 Å². The fraction of sp³-hybridized carbons (Fsp3) is 0.267. The van der Waals surface area contributed by atoms with E-state index in [1.165, 1.54) is 24.4 Å². The average molecular weight is 366 g/mol. The Hall–Kier alpha value is -1.50. The molecule has 0 amide bonds. The topological polar surface area (TPSA) is 39.1 Å². The van der Waals surface area contributed by atoms with Crippen LogP contribution in [0.2, 0.25) is 10.0 Å². The average Bonchev–Trinajstić information content (AvgIpc) is 2.45. The standard InChI is InChI=1S/C15H14Cl2F3N2O/c16-10-4-12(15(13(17)5-10)23-8-14(19)20)9-3-11(18)7-22(6-9)2-1-21/h3-7,14H,1-2,8,21H2/q+1. The van der Waals surface area contributed by atoms with E-state index in [4.69, 9.17) is 33.7 Å². The second-order valence-corrected chi connectivity index (χ2v) is 5.58. The highest BCUT2D eigenvalue weighted by atomic mass is 35.5. The quantitative estimate of drug-likeness (QED) is 0.793. The lowest BCUT2D eigenvalue weighted by Crippen LogP contribution is -2.37. The van der Waals surface area contributed by atoms with Gasteiger partial charge in [0, 0.05) is 10.6 Å². The lowest BCUT2D eigenvalue weighted by atomic mass is 10.1. The summed E-state index contributed by atoms with van der Waals surface area (Å²) in [6.07, 6.45) is 0.235. The molecule has 0 saturated carbocycles. The third kappa shape index (κ3) is 4.73. The first-order valence-corrected chi connectivity index (χ1v) is 7.46. The Labute approximate surface area is 141 Å². The fourth-order valence-corrected chi connectivity index (χ4v) is 2.64. The van der Waals surface area contributed by atoms with E-state index < -0.39 is 18.8 Å². The Morgan fingerprint density at radius 2 is 1.91 bits per heavy atom. The Balaban J connectivity index is 2.52. The molecule has 0 radical (unpaired) electrons. The number of benzene rings is 1. The molecule has 0 spiro atoms. The molecule has 0 fully saturated rings. The van der Waals surface area contributed by atoms with E-state index >= 15 is 0 Å². The highest BCUT2D eigenvalue weighted by molar-refractivity contribution is 6.36. The van der Waals surface area contributed by atoms with Crippen LogP contribution >= 0.6 is 23.2 Å². The summed E-state index contributed by atoms with van der Waals surface area (Å²) in [5.74, 6) is -0.479. The van der Waals surface area contributed by atoms with Gasteiger partial charge in [-0.3, -0.25) is 0 Å². The first kappa shape index (κ1) is 17.8. The smallest absolute Gasteiger partial charge is 0.272 e. The molecule has 8 heteroatoms. The SMILES string of the molecule is NCC[n+]1cc(F)cc(-c2cc(Cl)cc(Cl)c2OCC(F)F)c1. The van der Waals surface area contributed by atoms with Crippen molar-refractivity contribution in [2.24, 2.45) is 5.73 Å². The third-order valence-corrected chi connectivity index (χ3v) is 3.45. The van der Waals surface area contributed by atoms with Crippen LogP contribution < -0.4 is 15.0 Å². The Bertz CT molecular complexity index is 699. The van der Waals surface area contributed by atoms with Crippen LogP contribution in [0.25, 0.3) is 11.1 Å². The number of nitrogens with zero attached hydrogens (tertiary/aromatic N) is 1. The third-order valence-electron chi connectivity index (χ3n) is 2.95. The van der Waals surface area contributed by atoms with Crippen molar-refractivity contribution in [2.45, 2.75) is 13.0 Å². The van der Waals surface area contributed by atoms with Crippen LogP contribution in [0.5, 0.6) is 5.75 Å². The molecule has 3 nitrogen and oxygen atoms in total. The number of pyridine rings is 1. The molecule has 0 bridgehead atoms. The summed E-state index contributed by atoms with van der Waals surface area (Å²) in [6, 6.07) is 4.10. The van der Waals surface area contributed by atoms with Crippen molar-refractivity contribution >= 4 is 23.2 Å². The summed E-state index contributed by atoms with van der Waals surface area (Å²) in [4.78, 5) is 0. The van der Waals surface area contributed by atoms with Crippen LogP contribution in [0.3, 0.4) is 0 Å². The molecule has 1 heterocycles. The Morgan fingerprint density at radius 3 is 2.57 bits per heavy atom. The number of hydrogen-bond donors (Lipinski definition) is 1. The summed E-state index contributed by atoms with van der Waals surface area (Å²) in [6.45, 7) is -0.114. The Morgan fingerprint density at radius 1 is 1.17 bits per heavy atom. The minimum absolute atomic E-state index is 0.0289.